The molecular weight excluding hydrogens is 547 g/mol. The van der Waals surface area contributed by atoms with Crippen LogP contribution in [0.25, 0.3) is 0 Å². The smallest absolute Gasteiger partial charge is 0.387 e. The summed E-state index contributed by atoms with van der Waals surface area (Å²) in [5, 5.41) is 6.50. The molecule has 0 bridgehead atoms. The monoisotopic (exact) mass is 575 g/mol. The van der Waals surface area contributed by atoms with Crippen molar-refractivity contribution in [2.75, 3.05) is 27.0 Å². The molecule has 33 heavy (non-hydrogen) atoms. The van der Waals surface area contributed by atoms with E-state index in [1.807, 2.05) is 18.2 Å². The van der Waals surface area contributed by atoms with Crippen molar-refractivity contribution in [2.24, 2.45) is 10.9 Å². The number of ether oxygens (including phenoxy) is 4. The molecule has 2 aromatic carbocycles. The van der Waals surface area contributed by atoms with Gasteiger partial charge in [-0.25, -0.2) is 0 Å². The molecule has 2 heterocycles. The molecular formula is C23H28F2IN3O4. The van der Waals surface area contributed by atoms with E-state index in [1.165, 1.54) is 6.07 Å². The lowest BCUT2D eigenvalue weighted by Crippen LogP contribution is -2.41. The van der Waals surface area contributed by atoms with Crippen LogP contribution in [0.1, 0.15) is 30.1 Å². The molecule has 2 N–H and O–H groups in total. The summed E-state index contributed by atoms with van der Waals surface area (Å²) in [6.45, 7) is -1.24. The Hall–Kier alpha value is -2.34. The maximum absolute atomic E-state index is 12.9. The second-order valence-electron chi connectivity index (χ2n) is 7.60. The van der Waals surface area contributed by atoms with E-state index in [-0.39, 0.29) is 55.1 Å². The zero-order chi connectivity index (χ0) is 22.3. The Kier molecular flexibility index (Phi) is 9.36. The number of hydrogen-bond acceptors (Lipinski definition) is 5. The molecule has 0 aromatic heterocycles. The summed E-state index contributed by atoms with van der Waals surface area (Å²) in [7, 11) is 1.66. The van der Waals surface area contributed by atoms with Crippen molar-refractivity contribution in [1.29, 1.82) is 0 Å². The first-order valence-electron chi connectivity index (χ1n) is 10.6. The van der Waals surface area contributed by atoms with Gasteiger partial charge in [-0.2, -0.15) is 8.78 Å². The van der Waals surface area contributed by atoms with Gasteiger partial charge < -0.3 is 29.6 Å². The average Bonchev–Trinajstić information content (AvgIpc) is 3.27. The highest BCUT2D eigenvalue weighted by Crippen LogP contribution is 2.38. The number of fused-ring (bicyclic) bond motifs is 1. The molecule has 0 saturated carbocycles. The van der Waals surface area contributed by atoms with Crippen LogP contribution in [0.2, 0.25) is 0 Å². The highest BCUT2D eigenvalue weighted by Gasteiger charge is 2.27. The van der Waals surface area contributed by atoms with Crippen molar-refractivity contribution in [1.82, 2.24) is 10.6 Å². The average molecular weight is 575 g/mol. The lowest BCUT2D eigenvalue weighted by molar-refractivity contribution is -0.0505. The van der Waals surface area contributed by atoms with Crippen LogP contribution in [0.5, 0.6) is 17.2 Å². The van der Waals surface area contributed by atoms with E-state index in [2.05, 4.69) is 32.5 Å². The molecule has 0 spiro atoms. The lowest BCUT2D eigenvalue weighted by atomic mass is 9.89. The number of benzene rings is 2. The Morgan fingerprint density at radius 2 is 1.91 bits per heavy atom. The minimum absolute atomic E-state index is 0. The van der Waals surface area contributed by atoms with E-state index < -0.39 is 6.61 Å². The van der Waals surface area contributed by atoms with Crippen LogP contribution < -0.4 is 24.8 Å². The van der Waals surface area contributed by atoms with Gasteiger partial charge >= 0.3 is 6.61 Å². The van der Waals surface area contributed by atoms with Crippen LogP contribution in [-0.4, -0.2) is 39.6 Å². The highest BCUT2D eigenvalue weighted by atomic mass is 127. The van der Waals surface area contributed by atoms with Crippen molar-refractivity contribution in [3.8, 4) is 17.2 Å². The zero-order valence-corrected chi connectivity index (χ0v) is 20.6. The van der Waals surface area contributed by atoms with Crippen molar-refractivity contribution in [3.63, 3.8) is 0 Å². The third-order valence-corrected chi connectivity index (χ3v) is 5.55. The Morgan fingerprint density at radius 3 is 2.64 bits per heavy atom. The fraction of sp³-hybridized carbons (Fsp3) is 0.435. The van der Waals surface area contributed by atoms with Gasteiger partial charge in [-0.3, -0.25) is 4.99 Å². The molecule has 1 fully saturated rings. The molecule has 4 rings (SSSR count). The predicted octanol–water partition coefficient (Wildman–Crippen LogP) is 4.47. The first-order chi connectivity index (χ1) is 15.6. The first kappa shape index (κ1) is 25.3. The van der Waals surface area contributed by atoms with Crippen LogP contribution in [0.3, 0.4) is 0 Å². The minimum atomic E-state index is -2.94. The molecule has 0 radical (unpaired) electrons. The van der Waals surface area contributed by atoms with Gasteiger partial charge in [-0.1, -0.05) is 30.3 Å². The summed E-state index contributed by atoms with van der Waals surface area (Å²) in [5.41, 5.74) is 1.68. The van der Waals surface area contributed by atoms with Crippen molar-refractivity contribution in [2.45, 2.75) is 32.1 Å². The molecule has 10 heteroatoms. The van der Waals surface area contributed by atoms with Crippen LogP contribution in [0, 0.1) is 5.92 Å². The Bertz CT molecular complexity index is 933. The van der Waals surface area contributed by atoms with E-state index in [9.17, 15) is 8.78 Å². The van der Waals surface area contributed by atoms with Gasteiger partial charge in [0.1, 0.15) is 5.75 Å². The number of guanidine groups is 1. The SMILES string of the molecule is CN=C(NCc1cc2c(cc1OC(F)F)OCO2)NCC1CCCOC1c1ccccc1.I. The maximum atomic E-state index is 12.9. The van der Waals surface area contributed by atoms with E-state index in [4.69, 9.17) is 14.2 Å². The van der Waals surface area contributed by atoms with Gasteiger partial charge in [0.05, 0.1) is 6.10 Å². The molecule has 2 unspecified atom stereocenters. The Balaban J connectivity index is 0.00000306. The standard InChI is InChI=1S/C23H27F2N3O4.HI/c1-26-23(27-12-16-8-5-9-29-21(16)15-6-3-2-4-7-15)28-13-17-10-19-20(31-14-30-19)11-18(17)32-22(24)25;/h2-4,6-7,10-11,16,21-22H,5,8-9,12-14H2,1H3,(H2,26,27,28);1H. The second kappa shape index (κ2) is 12.2. The summed E-state index contributed by atoms with van der Waals surface area (Å²) in [6.07, 6.45) is 2.07. The highest BCUT2D eigenvalue weighted by molar-refractivity contribution is 14.0. The van der Waals surface area contributed by atoms with Crippen molar-refractivity contribution in [3.05, 3.63) is 53.6 Å². The van der Waals surface area contributed by atoms with E-state index in [1.54, 1.807) is 13.1 Å². The van der Waals surface area contributed by atoms with Crippen molar-refractivity contribution >= 4 is 29.9 Å². The molecule has 2 atom stereocenters. The number of rotatable bonds is 7. The summed E-state index contributed by atoms with van der Waals surface area (Å²) in [4.78, 5) is 4.26. The van der Waals surface area contributed by atoms with Crippen LogP contribution in [0.15, 0.2) is 47.5 Å². The number of hydrogen-bond donors (Lipinski definition) is 2. The Labute approximate surface area is 208 Å². The molecule has 1 saturated heterocycles. The minimum Gasteiger partial charge on any atom is -0.454 e. The molecule has 2 aliphatic heterocycles. The number of halogens is 3. The molecule has 0 aliphatic carbocycles. The van der Waals surface area contributed by atoms with Crippen molar-refractivity contribution < 1.29 is 27.7 Å². The van der Waals surface area contributed by atoms with Gasteiger partial charge in [-0.05, 0) is 24.5 Å². The third-order valence-electron chi connectivity index (χ3n) is 5.55. The third kappa shape index (κ3) is 6.59. The van der Waals surface area contributed by atoms with E-state index in [0.29, 0.717) is 29.6 Å². The van der Waals surface area contributed by atoms with Crippen LogP contribution >= 0.6 is 24.0 Å². The summed E-state index contributed by atoms with van der Waals surface area (Å²) < 4.78 is 47.1. The zero-order valence-electron chi connectivity index (χ0n) is 18.3. The topological polar surface area (TPSA) is 73.3 Å². The molecule has 2 aliphatic rings. The van der Waals surface area contributed by atoms with E-state index in [0.717, 1.165) is 25.0 Å². The van der Waals surface area contributed by atoms with Gasteiger partial charge in [-0.15, -0.1) is 24.0 Å². The lowest BCUT2D eigenvalue weighted by Gasteiger charge is -2.32. The van der Waals surface area contributed by atoms with Gasteiger partial charge in [0, 0.05) is 44.3 Å². The maximum Gasteiger partial charge on any atom is 0.387 e. The fourth-order valence-electron chi connectivity index (χ4n) is 4.00. The molecule has 2 aromatic rings. The van der Waals surface area contributed by atoms with Crippen LogP contribution in [0.4, 0.5) is 8.78 Å². The summed E-state index contributed by atoms with van der Waals surface area (Å²) in [6, 6.07) is 13.3. The summed E-state index contributed by atoms with van der Waals surface area (Å²) in [5.74, 6) is 1.76. The van der Waals surface area contributed by atoms with Gasteiger partial charge in [0.2, 0.25) is 6.79 Å². The second-order valence-corrected chi connectivity index (χ2v) is 7.60. The number of aliphatic imine (C=N–C) groups is 1. The first-order valence-corrected chi connectivity index (χ1v) is 10.6. The van der Waals surface area contributed by atoms with Crippen LogP contribution in [-0.2, 0) is 11.3 Å². The number of nitrogens with zero attached hydrogens (tertiary/aromatic N) is 1. The Morgan fingerprint density at radius 1 is 1.15 bits per heavy atom. The van der Waals surface area contributed by atoms with Gasteiger partial charge in [0.25, 0.3) is 0 Å². The number of alkyl halides is 2. The summed E-state index contributed by atoms with van der Waals surface area (Å²) >= 11 is 0. The number of nitrogens with one attached hydrogen (secondary N) is 2. The molecule has 0 amide bonds. The quantitative estimate of drug-likeness (QED) is 0.289. The van der Waals surface area contributed by atoms with E-state index >= 15 is 0 Å². The fourth-order valence-corrected chi connectivity index (χ4v) is 4.00. The normalized spacial score (nSPS) is 19.7. The molecule has 180 valence electrons. The van der Waals surface area contributed by atoms with Gasteiger partial charge in [0.15, 0.2) is 17.5 Å². The largest absolute Gasteiger partial charge is 0.454 e. The predicted molar refractivity (Wildman–Crippen MR) is 131 cm³/mol. The molecule has 7 nitrogen and oxygen atoms in total.